The standard InChI is InChI=1S/C13H15ClN2O3/c1-2-15(8-9-3-4-9)13(17)11-7-10(16(18)19)5-6-12(11)14/h5-7,9H,2-4,8H2,1H3. The van der Waals surface area contributed by atoms with Crippen molar-refractivity contribution in [2.45, 2.75) is 19.8 Å². The first-order valence-corrected chi connectivity index (χ1v) is 6.64. The number of hydrogen-bond donors (Lipinski definition) is 0. The van der Waals surface area contributed by atoms with Crippen LogP contribution in [0.1, 0.15) is 30.1 Å². The van der Waals surface area contributed by atoms with Gasteiger partial charge in [-0.3, -0.25) is 14.9 Å². The minimum atomic E-state index is -0.524. The molecule has 1 aromatic carbocycles. The van der Waals surface area contributed by atoms with Crippen LogP contribution in [-0.4, -0.2) is 28.8 Å². The number of nitro groups is 1. The zero-order valence-electron chi connectivity index (χ0n) is 10.6. The molecule has 19 heavy (non-hydrogen) atoms. The van der Waals surface area contributed by atoms with Gasteiger partial charge >= 0.3 is 0 Å². The van der Waals surface area contributed by atoms with Gasteiger partial charge < -0.3 is 4.90 Å². The zero-order valence-corrected chi connectivity index (χ0v) is 11.4. The van der Waals surface area contributed by atoms with Crippen molar-refractivity contribution in [1.82, 2.24) is 4.90 Å². The normalized spacial score (nSPS) is 14.2. The van der Waals surface area contributed by atoms with Crippen LogP contribution in [0.4, 0.5) is 5.69 Å². The predicted molar refractivity (Wildman–Crippen MR) is 72.4 cm³/mol. The Balaban J connectivity index is 2.25. The number of hydrogen-bond acceptors (Lipinski definition) is 3. The van der Waals surface area contributed by atoms with Gasteiger partial charge in [-0.05, 0) is 31.7 Å². The van der Waals surface area contributed by atoms with Gasteiger partial charge in [-0.25, -0.2) is 0 Å². The monoisotopic (exact) mass is 282 g/mol. The maximum atomic E-state index is 12.4. The number of rotatable bonds is 5. The minimum Gasteiger partial charge on any atom is -0.339 e. The number of nitrogens with zero attached hydrogens (tertiary/aromatic N) is 2. The third kappa shape index (κ3) is 3.23. The van der Waals surface area contributed by atoms with E-state index < -0.39 is 4.92 Å². The molecule has 0 atom stereocenters. The van der Waals surface area contributed by atoms with Crippen molar-refractivity contribution >= 4 is 23.2 Å². The highest BCUT2D eigenvalue weighted by atomic mass is 35.5. The van der Waals surface area contributed by atoms with E-state index in [2.05, 4.69) is 0 Å². The molecule has 1 aliphatic carbocycles. The summed E-state index contributed by atoms with van der Waals surface area (Å²) in [5.41, 5.74) is 0.0913. The van der Waals surface area contributed by atoms with E-state index in [4.69, 9.17) is 11.6 Å². The second kappa shape index (κ2) is 5.57. The molecule has 0 N–H and O–H groups in total. The summed E-state index contributed by atoms with van der Waals surface area (Å²) in [4.78, 5) is 24.3. The Hall–Kier alpha value is -1.62. The Morgan fingerprint density at radius 2 is 2.21 bits per heavy atom. The van der Waals surface area contributed by atoms with Crippen molar-refractivity contribution in [1.29, 1.82) is 0 Å². The fourth-order valence-electron chi connectivity index (χ4n) is 1.93. The van der Waals surface area contributed by atoms with Crippen LogP contribution < -0.4 is 0 Å². The Kier molecular flexibility index (Phi) is 4.04. The molecule has 102 valence electrons. The Bertz CT molecular complexity index is 515. The number of carbonyl (C=O) groups is 1. The van der Waals surface area contributed by atoms with E-state index in [0.717, 1.165) is 12.8 Å². The molecule has 5 nitrogen and oxygen atoms in total. The lowest BCUT2D eigenvalue weighted by Gasteiger charge is -2.21. The smallest absolute Gasteiger partial charge is 0.270 e. The summed E-state index contributed by atoms with van der Waals surface area (Å²) in [6.07, 6.45) is 2.29. The van der Waals surface area contributed by atoms with Crippen LogP contribution in [0.5, 0.6) is 0 Å². The van der Waals surface area contributed by atoms with E-state index in [1.807, 2.05) is 6.92 Å². The molecule has 0 aromatic heterocycles. The highest BCUT2D eigenvalue weighted by molar-refractivity contribution is 6.33. The molecule has 1 fully saturated rings. The highest BCUT2D eigenvalue weighted by Gasteiger charge is 2.27. The van der Waals surface area contributed by atoms with E-state index in [1.165, 1.54) is 18.2 Å². The second-order valence-corrected chi connectivity index (χ2v) is 5.12. The number of non-ortho nitro benzene ring substituents is 1. The maximum absolute atomic E-state index is 12.4. The molecule has 0 aliphatic heterocycles. The van der Waals surface area contributed by atoms with E-state index in [1.54, 1.807) is 4.90 Å². The summed E-state index contributed by atoms with van der Waals surface area (Å²) < 4.78 is 0. The molecule has 0 unspecified atom stereocenters. The summed E-state index contributed by atoms with van der Waals surface area (Å²) in [7, 11) is 0. The van der Waals surface area contributed by atoms with E-state index in [-0.39, 0.29) is 22.2 Å². The Morgan fingerprint density at radius 3 is 2.74 bits per heavy atom. The van der Waals surface area contributed by atoms with Crippen molar-refractivity contribution in [3.8, 4) is 0 Å². The summed E-state index contributed by atoms with van der Waals surface area (Å²) in [6.45, 7) is 3.17. The van der Waals surface area contributed by atoms with Crippen LogP contribution >= 0.6 is 11.6 Å². The van der Waals surface area contributed by atoms with Crippen LogP contribution in [0.3, 0.4) is 0 Å². The predicted octanol–water partition coefficient (Wildman–Crippen LogP) is 3.12. The summed E-state index contributed by atoms with van der Waals surface area (Å²) in [5, 5.41) is 11.0. The maximum Gasteiger partial charge on any atom is 0.270 e. The van der Waals surface area contributed by atoms with Crippen molar-refractivity contribution in [2.75, 3.05) is 13.1 Å². The molecule has 0 spiro atoms. The van der Waals surface area contributed by atoms with Gasteiger partial charge in [0.1, 0.15) is 0 Å². The first-order chi connectivity index (χ1) is 9.02. The molecular formula is C13H15ClN2O3. The number of nitro benzene ring substituents is 1. The van der Waals surface area contributed by atoms with Crippen molar-refractivity contribution in [3.05, 3.63) is 38.9 Å². The average Bonchev–Trinajstić information content (AvgIpc) is 3.19. The minimum absolute atomic E-state index is 0.116. The Morgan fingerprint density at radius 1 is 1.53 bits per heavy atom. The van der Waals surface area contributed by atoms with E-state index >= 15 is 0 Å². The van der Waals surface area contributed by atoms with Gasteiger partial charge in [0.15, 0.2) is 0 Å². The summed E-state index contributed by atoms with van der Waals surface area (Å²) in [5.74, 6) is 0.337. The summed E-state index contributed by atoms with van der Waals surface area (Å²) in [6, 6.07) is 3.95. The molecule has 0 bridgehead atoms. The first kappa shape index (κ1) is 13.8. The number of carbonyl (C=O) groups excluding carboxylic acids is 1. The Labute approximate surface area is 116 Å². The molecule has 0 radical (unpaired) electrons. The molecule has 0 saturated heterocycles. The lowest BCUT2D eigenvalue weighted by atomic mass is 10.1. The molecule has 1 aliphatic rings. The number of benzene rings is 1. The third-order valence-electron chi connectivity index (χ3n) is 3.24. The van der Waals surface area contributed by atoms with Crippen LogP contribution in [0.2, 0.25) is 5.02 Å². The van der Waals surface area contributed by atoms with Crippen molar-refractivity contribution in [3.63, 3.8) is 0 Å². The molecule has 2 rings (SSSR count). The van der Waals surface area contributed by atoms with Crippen LogP contribution in [0.25, 0.3) is 0 Å². The number of amides is 1. The van der Waals surface area contributed by atoms with Gasteiger partial charge in [-0.2, -0.15) is 0 Å². The summed E-state index contributed by atoms with van der Waals surface area (Å²) >= 11 is 5.98. The van der Waals surface area contributed by atoms with Gasteiger partial charge in [0.05, 0.1) is 15.5 Å². The number of halogens is 1. The van der Waals surface area contributed by atoms with Crippen LogP contribution in [-0.2, 0) is 0 Å². The molecule has 0 heterocycles. The molecule has 1 amide bonds. The van der Waals surface area contributed by atoms with E-state index in [9.17, 15) is 14.9 Å². The van der Waals surface area contributed by atoms with Gasteiger partial charge in [0.2, 0.25) is 0 Å². The third-order valence-corrected chi connectivity index (χ3v) is 3.57. The second-order valence-electron chi connectivity index (χ2n) is 4.71. The van der Waals surface area contributed by atoms with E-state index in [0.29, 0.717) is 19.0 Å². The van der Waals surface area contributed by atoms with Crippen molar-refractivity contribution in [2.24, 2.45) is 5.92 Å². The lowest BCUT2D eigenvalue weighted by Crippen LogP contribution is -2.32. The van der Waals surface area contributed by atoms with Crippen molar-refractivity contribution < 1.29 is 9.72 Å². The van der Waals surface area contributed by atoms with Gasteiger partial charge in [0.25, 0.3) is 11.6 Å². The zero-order chi connectivity index (χ0) is 14.0. The molecule has 6 heteroatoms. The first-order valence-electron chi connectivity index (χ1n) is 6.26. The molecule has 1 saturated carbocycles. The fraction of sp³-hybridized carbons (Fsp3) is 0.462. The molecular weight excluding hydrogens is 268 g/mol. The van der Waals surface area contributed by atoms with Gasteiger partial charge in [-0.15, -0.1) is 0 Å². The van der Waals surface area contributed by atoms with Gasteiger partial charge in [0, 0.05) is 25.2 Å². The molecule has 1 aromatic rings. The lowest BCUT2D eigenvalue weighted by molar-refractivity contribution is -0.384. The fourth-order valence-corrected chi connectivity index (χ4v) is 2.13. The largest absolute Gasteiger partial charge is 0.339 e. The highest BCUT2D eigenvalue weighted by Crippen LogP contribution is 2.31. The van der Waals surface area contributed by atoms with Crippen LogP contribution in [0, 0.1) is 16.0 Å². The SMILES string of the molecule is CCN(CC1CC1)C(=O)c1cc([N+](=O)[O-])ccc1Cl. The van der Waals surface area contributed by atoms with Crippen LogP contribution in [0.15, 0.2) is 18.2 Å². The topological polar surface area (TPSA) is 63.5 Å². The van der Waals surface area contributed by atoms with Gasteiger partial charge in [-0.1, -0.05) is 11.6 Å². The quantitative estimate of drug-likeness (QED) is 0.616. The average molecular weight is 283 g/mol.